The predicted octanol–water partition coefficient (Wildman–Crippen LogP) is 1.00. The molecule has 0 saturated carbocycles. The Kier molecular flexibility index (Phi) is 6.00. The summed E-state index contributed by atoms with van der Waals surface area (Å²) in [6.45, 7) is 2.20. The third-order valence-electron chi connectivity index (χ3n) is 2.37. The Labute approximate surface area is 95.1 Å². The van der Waals surface area contributed by atoms with Gasteiger partial charge in [-0.1, -0.05) is 12.1 Å². The normalized spacial score (nSPS) is 11.0. The Morgan fingerprint density at radius 1 is 1.00 bits per heavy atom. The highest BCUT2D eigenvalue weighted by Gasteiger charge is 2.04. The maximum atomic E-state index is 12.7. The molecule has 1 aromatic carbocycles. The van der Waals surface area contributed by atoms with Gasteiger partial charge in [-0.05, 0) is 24.1 Å². The minimum atomic E-state index is -0.243. The molecule has 0 heterocycles. The highest BCUT2D eigenvalue weighted by molar-refractivity contribution is 5.15. The molecule has 3 nitrogen and oxygen atoms in total. The molecule has 0 spiro atoms. The van der Waals surface area contributed by atoms with Crippen LogP contribution in [0.15, 0.2) is 24.3 Å². The SMILES string of the molecule is OCCCN(CCO)Cc1ccc(F)cc1. The fraction of sp³-hybridized carbons (Fsp3) is 0.500. The number of halogens is 1. The van der Waals surface area contributed by atoms with E-state index in [0.717, 1.165) is 12.1 Å². The van der Waals surface area contributed by atoms with Crippen molar-refractivity contribution in [3.8, 4) is 0 Å². The molecule has 90 valence electrons. The Morgan fingerprint density at radius 3 is 2.25 bits per heavy atom. The molecule has 0 bridgehead atoms. The van der Waals surface area contributed by atoms with Gasteiger partial charge in [0.2, 0.25) is 0 Å². The summed E-state index contributed by atoms with van der Waals surface area (Å²) in [5.41, 5.74) is 1.01. The summed E-state index contributed by atoms with van der Waals surface area (Å²) in [7, 11) is 0. The molecule has 0 aliphatic heterocycles. The Morgan fingerprint density at radius 2 is 1.69 bits per heavy atom. The average molecular weight is 227 g/mol. The number of aliphatic hydroxyl groups is 2. The summed E-state index contributed by atoms with van der Waals surface area (Å²) in [5, 5.41) is 17.6. The fourth-order valence-electron chi connectivity index (χ4n) is 1.55. The van der Waals surface area contributed by atoms with E-state index >= 15 is 0 Å². The first kappa shape index (κ1) is 13.1. The summed E-state index contributed by atoms with van der Waals surface area (Å²) in [5.74, 6) is -0.243. The second-order valence-electron chi connectivity index (χ2n) is 3.70. The van der Waals surface area contributed by atoms with Crippen LogP contribution in [0.5, 0.6) is 0 Å². The first-order chi connectivity index (χ1) is 7.76. The van der Waals surface area contributed by atoms with Crippen molar-refractivity contribution in [1.29, 1.82) is 0 Å². The lowest BCUT2D eigenvalue weighted by atomic mass is 10.2. The number of hydrogen-bond donors (Lipinski definition) is 2. The van der Waals surface area contributed by atoms with E-state index in [1.54, 1.807) is 12.1 Å². The smallest absolute Gasteiger partial charge is 0.123 e. The summed E-state index contributed by atoms with van der Waals surface area (Å²) < 4.78 is 12.7. The van der Waals surface area contributed by atoms with E-state index in [-0.39, 0.29) is 19.0 Å². The van der Waals surface area contributed by atoms with Gasteiger partial charge in [0.05, 0.1) is 6.61 Å². The highest BCUT2D eigenvalue weighted by Crippen LogP contribution is 2.06. The lowest BCUT2D eigenvalue weighted by Crippen LogP contribution is -2.28. The van der Waals surface area contributed by atoms with Crippen molar-refractivity contribution in [2.24, 2.45) is 0 Å². The van der Waals surface area contributed by atoms with Crippen molar-refractivity contribution < 1.29 is 14.6 Å². The molecule has 0 aliphatic carbocycles. The number of nitrogens with zero attached hydrogens (tertiary/aromatic N) is 1. The standard InChI is InChI=1S/C12H18FNO2/c13-12-4-2-11(3-5-12)10-14(7-9-16)6-1-8-15/h2-5,15-16H,1,6-10H2. The van der Waals surface area contributed by atoms with Crippen LogP contribution in [0.2, 0.25) is 0 Å². The quantitative estimate of drug-likeness (QED) is 0.730. The van der Waals surface area contributed by atoms with Crippen LogP contribution in [0.25, 0.3) is 0 Å². The van der Waals surface area contributed by atoms with Gasteiger partial charge in [-0.2, -0.15) is 0 Å². The van der Waals surface area contributed by atoms with Gasteiger partial charge in [-0.3, -0.25) is 4.90 Å². The zero-order chi connectivity index (χ0) is 11.8. The summed E-state index contributed by atoms with van der Waals surface area (Å²) in [6, 6.07) is 6.33. The van der Waals surface area contributed by atoms with Gasteiger partial charge < -0.3 is 10.2 Å². The monoisotopic (exact) mass is 227 g/mol. The molecule has 0 atom stereocenters. The number of hydrogen-bond acceptors (Lipinski definition) is 3. The minimum absolute atomic E-state index is 0.0899. The molecular weight excluding hydrogens is 209 g/mol. The van der Waals surface area contributed by atoms with Crippen molar-refractivity contribution in [3.05, 3.63) is 35.6 Å². The topological polar surface area (TPSA) is 43.7 Å². The van der Waals surface area contributed by atoms with Crippen LogP contribution < -0.4 is 0 Å². The van der Waals surface area contributed by atoms with E-state index in [1.807, 2.05) is 4.90 Å². The van der Waals surface area contributed by atoms with Gasteiger partial charge in [0, 0.05) is 26.2 Å². The van der Waals surface area contributed by atoms with E-state index < -0.39 is 0 Å². The van der Waals surface area contributed by atoms with Gasteiger partial charge in [0.15, 0.2) is 0 Å². The van der Waals surface area contributed by atoms with Crippen LogP contribution in [0, 0.1) is 5.82 Å². The average Bonchev–Trinajstić information content (AvgIpc) is 2.29. The number of benzene rings is 1. The number of aliphatic hydroxyl groups excluding tert-OH is 2. The minimum Gasteiger partial charge on any atom is -0.396 e. The molecule has 4 heteroatoms. The van der Waals surface area contributed by atoms with E-state index in [1.165, 1.54) is 12.1 Å². The van der Waals surface area contributed by atoms with Crippen LogP contribution in [-0.2, 0) is 6.54 Å². The molecule has 2 N–H and O–H groups in total. The Balaban J connectivity index is 2.49. The van der Waals surface area contributed by atoms with Crippen molar-refractivity contribution in [2.75, 3.05) is 26.3 Å². The molecule has 0 amide bonds. The van der Waals surface area contributed by atoms with Crippen molar-refractivity contribution in [2.45, 2.75) is 13.0 Å². The lowest BCUT2D eigenvalue weighted by Gasteiger charge is -2.20. The molecule has 0 radical (unpaired) electrons. The zero-order valence-electron chi connectivity index (χ0n) is 9.27. The highest BCUT2D eigenvalue weighted by atomic mass is 19.1. The molecule has 0 aliphatic rings. The molecule has 1 rings (SSSR count). The van der Waals surface area contributed by atoms with Gasteiger partial charge in [-0.25, -0.2) is 4.39 Å². The molecule has 0 fully saturated rings. The third-order valence-corrected chi connectivity index (χ3v) is 2.37. The summed E-state index contributed by atoms with van der Waals surface area (Å²) in [6.07, 6.45) is 0.682. The summed E-state index contributed by atoms with van der Waals surface area (Å²) >= 11 is 0. The largest absolute Gasteiger partial charge is 0.396 e. The molecule has 0 aromatic heterocycles. The molecular formula is C12H18FNO2. The van der Waals surface area contributed by atoms with Crippen molar-refractivity contribution >= 4 is 0 Å². The van der Waals surface area contributed by atoms with Crippen molar-refractivity contribution in [3.63, 3.8) is 0 Å². The van der Waals surface area contributed by atoms with E-state index in [4.69, 9.17) is 10.2 Å². The molecule has 16 heavy (non-hydrogen) atoms. The molecule has 1 aromatic rings. The first-order valence-corrected chi connectivity index (χ1v) is 5.45. The van der Waals surface area contributed by atoms with Crippen LogP contribution in [0.1, 0.15) is 12.0 Å². The molecule has 0 unspecified atom stereocenters. The van der Waals surface area contributed by atoms with Crippen LogP contribution in [-0.4, -0.2) is 41.4 Å². The van der Waals surface area contributed by atoms with Crippen molar-refractivity contribution in [1.82, 2.24) is 4.90 Å². The maximum Gasteiger partial charge on any atom is 0.123 e. The van der Waals surface area contributed by atoms with Crippen LogP contribution >= 0.6 is 0 Å². The number of rotatable bonds is 7. The van der Waals surface area contributed by atoms with E-state index in [2.05, 4.69) is 0 Å². The lowest BCUT2D eigenvalue weighted by molar-refractivity contribution is 0.174. The zero-order valence-corrected chi connectivity index (χ0v) is 9.27. The van der Waals surface area contributed by atoms with Gasteiger partial charge in [0.1, 0.15) is 5.82 Å². The fourth-order valence-corrected chi connectivity index (χ4v) is 1.55. The van der Waals surface area contributed by atoms with E-state index in [9.17, 15) is 4.39 Å². The first-order valence-electron chi connectivity index (χ1n) is 5.45. The van der Waals surface area contributed by atoms with Gasteiger partial charge in [0.25, 0.3) is 0 Å². The molecule has 0 saturated heterocycles. The predicted molar refractivity (Wildman–Crippen MR) is 60.5 cm³/mol. The summed E-state index contributed by atoms with van der Waals surface area (Å²) in [4.78, 5) is 2.03. The Hall–Kier alpha value is -0.970. The van der Waals surface area contributed by atoms with Gasteiger partial charge in [-0.15, -0.1) is 0 Å². The van der Waals surface area contributed by atoms with Gasteiger partial charge >= 0.3 is 0 Å². The van der Waals surface area contributed by atoms with Crippen LogP contribution in [0.3, 0.4) is 0 Å². The van der Waals surface area contributed by atoms with E-state index in [0.29, 0.717) is 19.5 Å². The second kappa shape index (κ2) is 7.33. The van der Waals surface area contributed by atoms with Crippen LogP contribution in [0.4, 0.5) is 4.39 Å². The maximum absolute atomic E-state index is 12.7. The Bertz CT molecular complexity index is 290. The third kappa shape index (κ3) is 4.70. The second-order valence-corrected chi connectivity index (χ2v) is 3.70.